The molecule has 2 aromatic carbocycles. The molecule has 2 aromatic heterocycles. The van der Waals surface area contributed by atoms with E-state index < -0.39 is 29.7 Å². The molecule has 0 aliphatic rings. The quantitative estimate of drug-likeness (QED) is 0.194. The Labute approximate surface area is 260 Å². The second-order valence-corrected chi connectivity index (χ2v) is 12.1. The van der Waals surface area contributed by atoms with Crippen molar-refractivity contribution in [2.75, 3.05) is 13.6 Å². The Morgan fingerprint density at radius 3 is 2.43 bits per heavy atom. The van der Waals surface area contributed by atoms with Crippen molar-refractivity contribution in [3.05, 3.63) is 116 Å². The summed E-state index contributed by atoms with van der Waals surface area (Å²) in [5.41, 5.74) is 3.72. The molecule has 0 saturated heterocycles. The Morgan fingerprint density at radius 1 is 1.02 bits per heavy atom. The van der Waals surface area contributed by atoms with Crippen molar-refractivity contribution >= 4 is 23.2 Å². The molecular formula is C33H37F2N5O3S. The number of halogens is 2. The Morgan fingerprint density at radius 2 is 1.75 bits per heavy atom. The van der Waals surface area contributed by atoms with Crippen molar-refractivity contribution < 1.29 is 23.5 Å². The minimum atomic E-state index is -1.11. The van der Waals surface area contributed by atoms with E-state index in [4.69, 9.17) is 0 Å². The molecule has 0 spiro atoms. The summed E-state index contributed by atoms with van der Waals surface area (Å²) in [5, 5.41) is 19.8. The molecule has 0 saturated carbocycles. The third-order valence-electron chi connectivity index (χ3n) is 7.08. The predicted molar refractivity (Wildman–Crippen MR) is 166 cm³/mol. The average Bonchev–Trinajstić information content (AvgIpc) is 3.40. The Balaban J connectivity index is 1.46. The summed E-state index contributed by atoms with van der Waals surface area (Å²) in [5.74, 6) is -2.00. The molecule has 0 radical (unpaired) electrons. The second-order valence-electron chi connectivity index (χ2n) is 11.2. The lowest BCUT2D eigenvalue weighted by Crippen LogP contribution is -2.48. The third-order valence-corrected chi connectivity index (χ3v) is 8.03. The highest BCUT2D eigenvalue weighted by molar-refractivity contribution is 7.09. The lowest BCUT2D eigenvalue weighted by atomic mass is 9.99. The number of aromatic nitrogens is 2. The molecule has 232 valence electrons. The van der Waals surface area contributed by atoms with Gasteiger partial charge in [-0.15, -0.1) is 11.3 Å². The van der Waals surface area contributed by atoms with Gasteiger partial charge in [0.15, 0.2) is 0 Å². The summed E-state index contributed by atoms with van der Waals surface area (Å²) < 4.78 is 27.9. The van der Waals surface area contributed by atoms with E-state index in [0.29, 0.717) is 24.6 Å². The first-order valence-electron chi connectivity index (χ1n) is 14.3. The molecular weight excluding hydrogens is 584 g/mol. The van der Waals surface area contributed by atoms with Crippen LogP contribution in [0.1, 0.15) is 67.9 Å². The van der Waals surface area contributed by atoms with E-state index in [-0.39, 0.29) is 30.0 Å². The van der Waals surface area contributed by atoms with Crippen LogP contribution in [0.15, 0.2) is 66.3 Å². The number of nitrogens with one attached hydrogen (secondary N) is 2. The van der Waals surface area contributed by atoms with Crippen molar-refractivity contribution in [2.45, 2.75) is 58.3 Å². The zero-order valence-corrected chi connectivity index (χ0v) is 26.0. The van der Waals surface area contributed by atoms with E-state index in [2.05, 4.69) is 34.4 Å². The SMILES string of the molecule is Cc1csc(CN(C)C(=O)c2cccc(C(=O)N[C@@H](Cc3cc(F)cc(F)c3)[C@H](O)CNCc3cncc(C(C)C)c3)c2)n1. The molecule has 0 bridgehead atoms. The third kappa shape index (κ3) is 9.22. The van der Waals surface area contributed by atoms with Gasteiger partial charge >= 0.3 is 0 Å². The summed E-state index contributed by atoms with van der Waals surface area (Å²) in [6.07, 6.45) is 2.42. The molecule has 11 heteroatoms. The van der Waals surface area contributed by atoms with Crippen molar-refractivity contribution in [3.63, 3.8) is 0 Å². The normalized spacial score (nSPS) is 12.6. The molecule has 0 aliphatic carbocycles. The summed E-state index contributed by atoms with van der Waals surface area (Å²) in [4.78, 5) is 36.7. The first-order chi connectivity index (χ1) is 21.0. The van der Waals surface area contributed by atoms with Gasteiger partial charge in [0.25, 0.3) is 11.8 Å². The molecule has 3 N–H and O–H groups in total. The molecule has 44 heavy (non-hydrogen) atoms. The van der Waals surface area contributed by atoms with Crippen LogP contribution < -0.4 is 10.6 Å². The summed E-state index contributed by atoms with van der Waals surface area (Å²) in [7, 11) is 1.67. The minimum absolute atomic E-state index is 0.0255. The van der Waals surface area contributed by atoms with E-state index >= 15 is 0 Å². The van der Waals surface area contributed by atoms with Gasteiger partial charge in [0.05, 0.1) is 18.7 Å². The average molecular weight is 622 g/mol. The van der Waals surface area contributed by atoms with Crippen LogP contribution in [0.3, 0.4) is 0 Å². The Bertz CT molecular complexity index is 1570. The minimum Gasteiger partial charge on any atom is -0.390 e. The standard InChI is InChI=1S/C33H37F2N5O3S/c1-20(2)26-8-23(14-36-16-26)15-37-17-30(41)29(11-22-9-27(34)13-28(35)10-22)39-32(42)24-6-5-7-25(12-24)33(43)40(4)18-31-38-21(3)19-44-31/h5-10,12-14,16,19-20,29-30,37,41H,11,15,17-18H2,1-4H3,(H,39,42)/t29-,30+/m0/s1. The van der Waals surface area contributed by atoms with Crippen LogP contribution in [0, 0.1) is 18.6 Å². The molecule has 2 atom stereocenters. The summed E-state index contributed by atoms with van der Waals surface area (Å²) in [6, 6.07) is 10.5. The maximum Gasteiger partial charge on any atom is 0.253 e. The van der Waals surface area contributed by atoms with Crippen LogP contribution in [0.2, 0.25) is 0 Å². The van der Waals surface area contributed by atoms with E-state index in [1.54, 1.807) is 31.4 Å². The van der Waals surface area contributed by atoms with Crippen molar-refractivity contribution in [1.29, 1.82) is 0 Å². The zero-order valence-electron chi connectivity index (χ0n) is 25.2. The number of benzene rings is 2. The molecule has 2 heterocycles. The van der Waals surface area contributed by atoms with Gasteiger partial charge < -0.3 is 20.6 Å². The number of aliphatic hydroxyl groups is 1. The van der Waals surface area contributed by atoms with Crippen LogP contribution in [-0.2, 0) is 19.5 Å². The monoisotopic (exact) mass is 621 g/mol. The molecule has 0 aliphatic heterocycles. The molecule has 8 nitrogen and oxygen atoms in total. The number of amides is 2. The van der Waals surface area contributed by atoms with Gasteiger partial charge in [0.2, 0.25) is 0 Å². The fraction of sp³-hybridized carbons (Fsp3) is 0.333. The van der Waals surface area contributed by atoms with Crippen LogP contribution >= 0.6 is 11.3 Å². The highest BCUT2D eigenvalue weighted by Gasteiger charge is 2.24. The maximum absolute atomic E-state index is 14.0. The lowest BCUT2D eigenvalue weighted by molar-refractivity contribution is 0.0784. The molecule has 0 unspecified atom stereocenters. The van der Waals surface area contributed by atoms with Crippen LogP contribution in [0.4, 0.5) is 8.78 Å². The zero-order chi connectivity index (χ0) is 31.8. The Hall–Kier alpha value is -4.06. The van der Waals surface area contributed by atoms with Gasteiger partial charge in [-0.2, -0.15) is 0 Å². The topological polar surface area (TPSA) is 107 Å². The highest BCUT2D eigenvalue weighted by Crippen LogP contribution is 2.17. The number of aryl methyl sites for hydroxylation is 1. The number of thiazole rings is 1. The van der Waals surface area contributed by atoms with Gasteiger partial charge in [-0.1, -0.05) is 26.0 Å². The van der Waals surface area contributed by atoms with E-state index in [1.807, 2.05) is 24.6 Å². The number of hydrogen-bond acceptors (Lipinski definition) is 7. The highest BCUT2D eigenvalue weighted by atomic mass is 32.1. The number of carbonyl (C=O) groups is 2. The van der Waals surface area contributed by atoms with Gasteiger partial charge in [0, 0.05) is 60.8 Å². The van der Waals surface area contributed by atoms with E-state index in [1.165, 1.54) is 34.4 Å². The van der Waals surface area contributed by atoms with Crippen LogP contribution in [-0.4, -0.2) is 57.5 Å². The lowest BCUT2D eigenvalue weighted by Gasteiger charge is -2.25. The van der Waals surface area contributed by atoms with Crippen LogP contribution in [0.5, 0.6) is 0 Å². The van der Waals surface area contributed by atoms with Gasteiger partial charge in [0.1, 0.15) is 16.6 Å². The molecule has 4 rings (SSSR count). The van der Waals surface area contributed by atoms with E-state index in [0.717, 1.165) is 27.9 Å². The van der Waals surface area contributed by atoms with Crippen molar-refractivity contribution in [3.8, 4) is 0 Å². The Kier molecular flexibility index (Phi) is 11.3. The van der Waals surface area contributed by atoms with Gasteiger partial charge in [-0.3, -0.25) is 14.6 Å². The largest absolute Gasteiger partial charge is 0.390 e. The molecule has 0 fully saturated rings. The number of hydrogen-bond donors (Lipinski definition) is 3. The number of carbonyl (C=O) groups excluding carboxylic acids is 2. The van der Waals surface area contributed by atoms with Gasteiger partial charge in [-0.05, 0) is 66.3 Å². The fourth-order valence-corrected chi connectivity index (χ4v) is 5.53. The summed E-state index contributed by atoms with van der Waals surface area (Å²) >= 11 is 1.47. The number of pyridine rings is 1. The van der Waals surface area contributed by atoms with Gasteiger partial charge in [-0.25, -0.2) is 13.8 Å². The van der Waals surface area contributed by atoms with Crippen molar-refractivity contribution in [1.82, 2.24) is 25.5 Å². The predicted octanol–water partition coefficient (Wildman–Crippen LogP) is 5.01. The number of rotatable bonds is 13. The first kappa shape index (κ1) is 32.8. The first-order valence-corrected chi connectivity index (χ1v) is 15.2. The summed E-state index contributed by atoms with van der Waals surface area (Å²) in [6.45, 7) is 6.89. The van der Waals surface area contributed by atoms with Crippen molar-refractivity contribution in [2.24, 2.45) is 0 Å². The molecule has 4 aromatic rings. The van der Waals surface area contributed by atoms with Crippen LogP contribution in [0.25, 0.3) is 0 Å². The fourth-order valence-electron chi connectivity index (χ4n) is 4.71. The molecule has 2 amide bonds. The second kappa shape index (κ2) is 15.1. The number of nitrogens with zero attached hydrogens (tertiary/aromatic N) is 3. The van der Waals surface area contributed by atoms with E-state index in [9.17, 15) is 23.5 Å². The maximum atomic E-state index is 14.0. The number of aliphatic hydroxyl groups excluding tert-OH is 1. The smallest absolute Gasteiger partial charge is 0.253 e.